The molecule has 26 heavy (non-hydrogen) atoms. The van der Waals surface area contributed by atoms with Crippen molar-refractivity contribution in [2.24, 2.45) is 5.73 Å². The maximum atomic E-state index is 12.0. The number of ether oxygens (including phenoxy) is 2. The number of rotatable bonds is 9. The second kappa shape index (κ2) is 10.0. The molecular weight excluding hydrogens is 336 g/mol. The molecule has 0 aliphatic carbocycles. The molecule has 0 radical (unpaired) electrons. The SMILES string of the molecule is CC[C@@H](CCc1c(OCCO)cccc1C(N)=O)NC(=O)OC(C)(C)C. The first-order chi connectivity index (χ1) is 12.2. The average Bonchev–Trinajstić information content (AvgIpc) is 2.54. The van der Waals surface area contributed by atoms with Gasteiger partial charge in [0.1, 0.15) is 18.0 Å². The topological polar surface area (TPSA) is 111 Å². The molecule has 0 bridgehead atoms. The molecule has 0 saturated heterocycles. The van der Waals surface area contributed by atoms with E-state index in [0.29, 0.717) is 36.1 Å². The third kappa shape index (κ3) is 7.31. The summed E-state index contributed by atoms with van der Waals surface area (Å²) in [4.78, 5) is 23.7. The van der Waals surface area contributed by atoms with Gasteiger partial charge in [0.15, 0.2) is 0 Å². The standard InChI is InChI=1S/C19H30N2O5/c1-5-13(21-18(24)26-19(2,3)4)9-10-14-15(17(20)23)7-6-8-16(14)25-12-11-22/h6-8,13,22H,5,9-12H2,1-4H3,(H2,20,23)(H,21,24)/t13-/m0/s1. The molecule has 0 heterocycles. The highest BCUT2D eigenvalue weighted by molar-refractivity contribution is 5.95. The maximum Gasteiger partial charge on any atom is 0.407 e. The van der Waals surface area contributed by atoms with E-state index in [1.807, 2.05) is 6.92 Å². The fourth-order valence-electron chi connectivity index (χ4n) is 2.52. The maximum absolute atomic E-state index is 12.0. The van der Waals surface area contributed by atoms with Crippen LogP contribution in [0.5, 0.6) is 5.75 Å². The van der Waals surface area contributed by atoms with Crippen molar-refractivity contribution in [1.82, 2.24) is 5.32 Å². The molecule has 146 valence electrons. The molecule has 0 aromatic heterocycles. The van der Waals surface area contributed by atoms with Gasteiger partial charge in [-0.05, 0) is 52.2 Å². The van der Waals surface area contributed by atoms with Crippen LogP contribution >= 0.6 is 0 Å². The number of nitrogens with one attached hydrogen (secondary N) is 1. The first kappa shape index (κ1) is 21.8. The zero-order valence-corrected chi connectivity index (χ0v) is 16.0. The number of nitrogens with two attached hydrogens (primary N) is 1. The highest BCUT2D eigenvalue weighted by Gasteiger charge is 2.20. The number of carbonyl (C=O) groups excluding carboxylic acids is 2. The summed E-state index contributed by atoms with van der Waals surface area (Å²) in [7, 11) is 0. The van der Waals surface area contributed by atoms with Gasteiger partial charge in [-0.1, -0.05) is 13.0 Å². The quantitative estimate of drug-likeness (QED) is 0.621. The van der Waals surface area contributed by atoms with Gasteiger partial charge in [-0.15, -0.1) is 0 Å². The average molecular weight is 366 g/mol. The minimum absolute atomic E-state index is 0.114. The van der Waals surface area contributed by atoms with Crippen LogP contribution < -0.4 is 15.8 Å². The van der Waals surface area contributed by atoms with Gasteiger partial charge in [-0.3, -0.25) is 4.79 Å². The fourth-order valence-corrected chi connectivity index (χ4v) is 2.52. The van der Waals surface area contributed by atoms with Crippen LogP contribution in [0.15, 0.2) is 18.2 Å². The molecule has 7 heteroatoms. The third-order valence-corrected chi connectivity index (χ3v) is 3.70. The fraction of sp³-hybridized carbons (Fsp3) is 0.579. The Bertz CT molecular complexity index is 610. The molecule has 7 nitrogen and oxygen atoms in total. The largest absolute Gasteiger partial charge is 0.491 e. The summed E-state index contributed by atoms with van der Waals surface area (Å²) in [5.41, 5.74) is 5.96. The predicted molar refractivity (Wildman–Crippen MR) is 99.3 cm³/mol. The van der Waals surface area contributed by atoms with Crippen molar-refractivity contribution in [3.63, 3.8) is 0 Å². The Morgan fingerprint density at radius 3 is 2.54 bits per heavy atom. The summed E-state index contributed by atoms with van der Waals surface area (Å²) in [6.07, 6.45) is 1.33. The number of primary amides is 1. The van der Waals surface area contributed by atoms with Gasteiger partial charge in [0.2, 0.25) is 5.91 Å². The number of alkyl carbamates (subject to hydrolysis) is 1. The van der Waals surface area contributed by atoms with Crippen LogP contribution in [-0.2, 0) is 11.2 Å². The molecule has 4 N–H and O–H groups in total. The number of hydrogen-bond acceptors (Lipinski definition) is 5. The summed E-state index contributed by atoms with van der Waals surface area (Å²) >= 11 is 0. The van der Waals surface area contributed by atoms with Crippen LogP contribution in [0.3, 0.4) is 0 Å². The predicted octanol–water partition coefficient (Wildman–Crippen LogP) is 2.39. The van der Waals surface area contributed by atoms with Crippen LogP contribution in [0.25, 0.3) is 0 Å². The van der Waals surface area contributed by atoms with Gasteiger partial charge in [0.05, 0.1) is 6.61 Å². The highest BCUT2D eigenvalue weighted by Crippen LogP contribution is 2.25. The van der Waals surface area contributed by atoms with Crippen LogP contribution in [-0.4, -0.2) is 42.0 Å². The van der Waals surface area contributed by atoms with E-state index in [1.54, 1.807) is 39.0 Å². The second-order valence-corrected chi connectivity index (χ2v) is 7.01. The molecule has 1 rings (SSSR count). The van der Waals surface area contributed by atoms with E-state index in [0.717, 1.165) is 0 Å². The van der Waals surface area contributed by atoms with Crippen molar-refractivity contribution in [2.45, 2.75) is 58.6 Å². The van der Waals surface area contributed by atoms with Gasteiger partial charge in [-0.2, -0.15) is 0 Å². The van der Waals surface area contributed by atoms with E-state index < -0.39 is 17.6 Å². The molecule has 1 aromatic rings. The van der Waals surface area contributed by atoms with E-state index in [9.17, 15) is 9.59 Å². The second-order valence-electron chi connectivity index (χ2n) is 7.01. The van der Waals surface area contributed by atoms with Crippen LogP contribution in [0, 0.1) is 0 Å². The first-order valence-corrected chi connectivity index (χ1v) is 8.82. The molecule has 0 saturated carbocycles. The van der Waals surface area contributed by atoms with Gasteiger partial charge >= 0.3 is 6.09 Å². The van der Waals surface area contributed by atoms with E-state index in [4.69, 9.17) is 20.3 Å². The van der Waals surface area contributed by atoms with Crippen molar-refractivity contribution in [3.05, 3.63) is 29.3 Å². The molecule has 2 amide bonds. The Hall–Kier alpha value is -2.28. The summed E-state index contributed by atoms with van der Waals surface area (Å²) < 4.78 is 10.8. The first-order valence-electron chi connectivity index (χ1n) is 8.82. The number of aliphatic hydroxyl groups excluding tert-OH is 1. The number of amides is 2. The smallest absolute Gasteiger partial charge is 0.407 e. The van der Waals surface area contributed by atoms with E-state index in [1.165, 1.54) is 0 Å². The summed E-state index contributed by atoms with van der Waals surface area (Å²) in [5, 5.41) is 11.8. The van der Waals surface area contributed by atoms with Crippen molar-refractivity contribution in [1.29, 1.82) is 0 Å². The van der Waals surface area contributed by atoms with Crippen molar-refractivity contribution < 1.29 is 24.2 Å². The molecule has 0 aliphatic heterocycles. The Morgan fingerprint density at radius 1 is 1.31 bits per heavy atom. The van der Waals surface area contributed by atoms with E-state index in [2.05, 4.69) is 5.32 Å². The highest BCUT2D eigenvalue weighted by atomic mass is 16.6. The molecule has 1 aromatic carbocycles. The number of benzene rings is 1. The molecule has 0 unspecified atom stereocenters. The Kier molecular flexibility index (Phi) is 8.38. The monoisotopic (exact) mass is 366 g/mol. The molecule has 0 aliphatic rings. The normalized spacial score (nSPS) is 12.3. The van der Waals surface area contributed by atoms with Crippen LogP contribution in [0.1, 0.15) is 56.5 Å². The van der Waals surface area contributed by atoms with Crippen molar-refractivity contribution in [3.8, 4) is 5.75 Å². The van der Waals surface area contributed by atoms with Gasteiger partial charge in [-0.25, -0.2) is 4.79 Å². The van der Waals surface area contributed by atoms with E-state index in [-0.39, 0.29) is 19.3 Å². The summed E-state index contributed by atoms with van der Waals surface area (Å²) in [6, 6.07) is 4.95. The lowest BCUT2D eigenvalue weighted by Gasteiger charge is -2.23. The van der Waals surface area contributed by atoms with Crippen LogP contribution in [0.2, 0.25) is 0 Å². The molecule has 0 fully saturated rings. The minimum atomic E-state index is -0.563. The van der Waals surface area contributed by atoms with Crippen LogP contribution in [0.4, 0.5) is 4.79 Å². The van der Waals surface area contributed by atoms with Crippen molar-refractivity contribution in [2.75, 3.05) is 13.2 Å². The number of carbonyl (C=O) groups is 2. The Morgan fingerprint density at radius 2 is 2.00 bits per heavy atom. The lowest BCUT2D eigenvalue weighted by Crippen LogP contribution is -2.39. The lowest BCUT2D eigenvalue weighted by atomic mass is 9.97. The molecular formula is C19H30N2O5. The Balaban J connectivity index is 2.85. The van der Waals surface area contributed by atoms with Gasteiger partial charge in [0.25, 0.3) is 0 Å². The lowest BCUT2D eigenvalue weighted by molar-refractivity contribution is 0.0500. The van der Waals surface area contributed by atoms with Gasteiger partial charge < -0.3 is 25.6 Å². The zero-order chi connectivity index (χ0) is 19.7. The zero-order valence-electron chi connectivity index (χ0n) is 16.0. The Labute approximate surface area is 154 Å². The van der Waals surface area contributed by atoms with Gasteiger partial charge in [0, 0.05) is 17.2 Å². The number of hydrogen-bond donors (Lipinski definition) is 3. The minimum Gasteiger partial charge on any atom is -0.491 e. The summed E-state index contributed by atoms with van der Waals surface area (Å²) in [5.74, 6) is -0.0231. The third-order valence-electron chi connectivity index (χ3n) is 3.70. The molecule has 1 atom stereocenters. The molecule has 0 spiro atoms. The van der Waals surface area contributed by atoms with Crippen molar-refractivity contribution >= 4 is 12.0 Å². The number of aliphatic hydroxyl groups is 1. The summed E-state index contributed by atoms with van der Waals surface area (Å²) in [6.45, 7) is 7.38. The van der Waals surface area contributed by atoms with E-state index >= 15 is 0 Å².